The van der Waals surface area contributed by atoms with Crippen molar-refractivity contribution < 1.29 is 14.3 Å². The molecule has 1 aliphatic rings. The fourth-order valence-corrected chi connectivity index (χ4v) is 5.09. The standard InChI is InChI=1S/C17H24N2O3S2/c1-17(2,3)19-14(20)10-18-15(21)11-22-13-7-5-4-6-12(13)16-23-8-9-24-16/h4-7,16H,8-11H2,1-3H3,(H,18,21)(H,19,20). The number of carbonyl (C=O) groups excluding carboxylic acids is 2. The maximum atomic E-state index is 11.9. The molecule has 0 radical (unpaired) electrons. The predicted molar refractivity (Wildman–Crippen MR) is 100 cm³/mol. The maximum absolute atomic E-state index is 11.9. The average molecular weight is 369 g/mol. The fourth-order valence-electron chi connectivity index (χ4n) is 2.18. The molecule has 1 saturated heterocycles. The third-order valence-corrected chi connectivity index (χ3v) is 6.18. The summed E-state index contributed by atoms with van der Waals surface area (Å²) in [5.41, 5.74) is 0.803. The van der Waals surface area contributed by atoms with Crippen molar-refractivity contribution in [3.8, 4) is 5.75 Å². The highest BCUT2D eigenvalue weighted by Gasteiger charge is 2.22. The number of hydrogen-bond donors (Lipinski definition) is 2. The molecule has 24 heavy (non-hydrogen) atoms. The molecule has 0 bridgehead atoms. The van der Waals surface area contributed by atoms with Crippen molar-refractivity contribution in [2.75, 3.05) is 24.7 Å². The number of carbonyl (C=O) groups is 2. The summed E-state index contributed by atoms with van der Waals surface area (Å²) >= 11 is 3.79. The van der Waals surface area contributed by atoms with E-state index in [9.17, 15) is 9.59 Å². The molecule has 0 spiro atoms. The maximum Gasteiger partial charge on any atom is 0.258 e. The van der Waals surface area contributed by atoms with Gasteiger partial charge in [0.2, 0.25) is 5.91 Å². The summed E-state index contributed by atoms with van der Waals surface area (Å²) in [4.78, 5) is 23.6. The van der Waals surface area contributed by atoms with Gasteiger partial charge in [-0.3, -0.25) is 9.59 Å². The highest BCUT2D eigenvalue weighted by atomic mass is 32.2. The van der Waals surface area contributed by atoms with E-state index in [1.54, 1.807) is 0 Å². The van der Waals surface area contributed by atoms with Crippen molar-refractivity contribution in [3.05, 3.63) is 29.8 Å². The Balaban J connectivity index is 1.81. The number of amides is 2. The van der Waals surface area contributed by atoms with E-state index in [0.717, 1.165) is 22.8 Å². The quantitative estimate of drug-likeness (QED) is 0.808. The minimum absolute atomic E-state index is 0.0462. The molecule has 1 fully saturated rings. The minimum Gasteiger partial charge on any atom is -0.483 e. The Morgan fingerprint density at radius 3 is 2.50 bits per heavy atom. The molecule has 5 nitrogen and oxygen atoms in total. The largest absolute Gasteiger partial charge is 0.483 e. The van der Waals surface area contributed by atoms with Gasteiger partial charge in [0.05, 0.1) is 11.1 Å². The zero-order valence-corrected chi connectivity index (χ0v) is 15.9. The number of para-hydroxylation sites is 1. The Hall–Kier alpha value is -1.34. The van der Waals surface area contributed by atoms with Crippen molar-refractivity contribution in [2.24, 2.45) is 0 Å². The highest BCUT2D eigenvalue weighted by molar-refractivity contribution is 8.19. The molecule has 1 aliphatic heterocycles. The average Bonchev–Trinajstić information content (AvgIpc) is 3.04. The first-order valence-electron chi connectivity index (χ1n) is 7.88. The molecule has 0 aromatic heterocycles. The molecule has 1 heterocycles. The summed E-state index contributed by atoms with van der Waals surface area (Å²) < 4.78 is 6.04. The Bertz CT molecular complexity index is 581. The van der Waals surface area contributed by atoms with Gasteiger partial charge >= 0.3 is 0 Å². The van der Waals surface area contributed by atoms with Crippen LogP contribution in [0.5, 0.6) is 5.75 Å². The van der Waals surface area contributed by atoms with E-state index in [2.05, 4.69) is 10.6 Å². The molecule has 0 aliphatic carbocycles. The second-order valence-corrected chi connectivity index (χ2v) is 9.20. The van der Waals surface area contributed by atoms with Crippen LogP contribution in [0.1, 0.15) is 30.9 Å². The normalized spacial score (nSPS) is 15.1. The second-order valence-electron chi connectivity index (χ2n) is 6.47. The van der Waals surface area contributed by atoms with Crippen LogP contribution in [-0.4, -0.2) is 42.0 Å². The molecule has 2 N–H and O–H groups in total. The van der Waals surface area contributed by atoms with Gasteiger partial charge in [0, 0.05) is 22.6 Å². The van der Waals surface area contributed by atoms with Crippen molar-refractivity contribution in [1.82, 2.24) is 10.6 Å². The first kappa shape index (κ1) is 19.0. The van der Waals surface area contributed by atoms with Gasteiger partial charge < -0.3 is 15.4 Å². The van der Waals surface area contributed by atoms with Gasteiger partial charge in [0.1, 0.15) is 5.75 Å². The summed E-state index contributed by atoms with van der Waals surface area (Å²) in [5.74, 6) is 2.48. The minimum atomic E-state index is -0.312. The molecular weight excluding hydrogens is 344 g/mol. The van der Waals surface area contributed by atoms with Crippen LogP contribution in [0.15, 0.2) is 24.3 Å². The van der Waals surface area contributed by atoms with E-state index in [-0.39, 0.29) is 30.5 Å². The first-order valence-corrected chi connectivity index (χ1v) is 9.97. The molecule has 2 rings (SSSR count). The molecule has 0 atom stereocenters. The van der Waals surface area contributed by atoms with Crippen LogP contribution >= 0.6 is 23.5 Å². The van der Waals surface area contributed by atoms with Crippen LogP contribution in [0.3, 0.4) is 0 Å². The smallest absolute Gasteiger partial charge is 0.258 e. The van der Waals surface area contributed by atoms with Gasteiger partial charge in [-0.2, -0.15) is 0 Å². The third-order valence-electron chi connectivity index (χ3n) is 3.11. The first-order chi connectivity index (χ1) is 11.3. The zero-order chi connectivity index (χ0) is 17.6. The lowest BCUT2D eigenvalue weighted by molar-refractivity contribution is -0.127. The number of ether oxygens (including phenoxy) is 1. The van der Waals surface area contributed by atoms with Gasteiger partial charge in [0.15, 0.2) is 6.61 Å². The SMILES string of the molecule is CC(C)(C)NC(=O)CNC(=O)COc1ccccc1C1SCCS1. The third kappa shape index (κ3) is 6.28. The summed E-state index contributed by atoms with van der Waals surface area (Å²) in [5, 5.41) is 5.37. The molecule has 2 amide bonds. The predicted octanol–water partition coefficient (Wildman–Crippen LogP) is 2.57. The Labute approximate surface area is 151 Å². The molecule has 1 aromatic carbocycles. The van der Waals surface area contributed by atoms with Crippen molar-refractivity contribution in [3.63, 3.8) is 0 Å². The van der Waals surface area contributed by atoms with E-state index < -0.39 is 0 Å². The van der Waals surface area contributed by atoms with Crippen LogP contribution in [0.4, 0.5) is 0 Å². The topological polar surface area (TPSA) is 67.4 Å². The molecular formula is C17H24N2O3S2. The molecule has 132 valence electrons. The second kappa shape index (κ2) is 8.67. The fraction of sp³-hybridized carbons (Fsp3) is 0.529. The van der Waals surface area contributed by atoms with E-state index in [4.69, 9.17) is 4.74 Å². The zero-order valence-electron chi connectivity index (χ0n) is 14.3. The van der Waals surface area contributed by atoms with Crippen LogP contribution in [0.2, 0.25) is 0 Å². The van der Waals surface area contributed by atoms with Gasteiger partial charge in [-0.25, -0.2) is 0 Å². The molecule has 1 aromatic rings. The van der Waals surface area contributed by atoms with Gasteiger partial charge in [0.25, 0.3) is 5.91 Å². The molecule has 0 unspecified atom stereocenters. The molecule has 0 saturated carbocycles. The van der Waals surface area contributed by atoms with E-state index in [1.807, 2.05) is 68.6 Å². The lowest BCUT2D eigenvalue weighted by Crippen LogP contribution is -2.46. The van der Waals surface area contributed by atoms with Crippen LogP contribution in [0.25, 0.3) is 0 Å². The summed E-state index contributed by atoms with van der Waals surface area (Å²) in [7, 11) is 0. The van der Waals surface area contributed by atoms with Crippen LogP contribution in [0, 0.1) is 0 Å². The number of benzene rings is 1. The van der Waals surface area contributed by atoms with Gasteiger partial charge in [-0.15, -0.1) is 23.5 Å². The van der Waals surface area contributed by atoms with Crippen LogP contribution < -0.4 is 15.4 Å². The Morgan fingerprint density at radius 2 is 1.83 bits per heavy atom. The lowest BCUT2D eigenvalue weighted by atomic mass is 10.1. The highest BCUT2D eigenvalue weighted by Crippen LogP contribution is 2.48. The Morgan fingerprint density at radius 1 is 1.17 bits per heavy atom. The number of thioether (sulfide) groups is 2. The summed E-state index contributed by atoms with van der Waals surface area (Å²) in [6.07, 6.45) is 0. The molecule has 7 heteroatoms. The number of rotatable bonds is 6. The summed E-state index contributed by atoms with van der Waals surface area (Å²) in [6, 6.07) is 7.81. The van der Waals surface area contributed by atoms with Crippen molar-refractivity contribution >= 4 is 35.3 Å². The number of nitrogens with one attached hydrogen (secondary N) is 2. The van der Waals surface area contributed by atoms with Crippen molar-refractivity contribution in [1.29, 1.82) is 0 Å². The lowest BCUT2D eigenvalue weighted by Gasteiger charge is -2.20. The summed E-state index contributed by atoms with van der Waals surface area (Å²) in [6.45, 7) is 5.54. The monoisotopic (exact) mass is 368 g/mol. The van der Waals surface area contributed by atoms with Gasteiger partial charge in [-0.05, 0) is 26.8 Å². The van der Waals surface area contributed by atoms with E-state index in [0.29, 0.717) is 4.58 Å². The Kier molecular flexibility index (Phi) is 6.86. The van der Waals surface area contributed by atoms with Gasteiger partial charge in [-0.1, -0.05) is 18.2 Å². The number of hydrogen-bond acceptors (Lipinski definition) is 5. The van der Waals surface area contributed by atoms with E-state index >= 15 is 0 Å². The van der Waals surface area contributed by atoms with E-state index in [1.165, 1.54) is 0 Å². The van der Waals surface area contributed by atoms with Crippen LogP contribution in [-0.2, 0) is 9.59 Å². The van der Waals surface area contributed by atoms with Crippen molar-refractivity contribution in [2.45, 2.75) is 30.9 Å².